The normalized spacial score (nSPS) is 25.5. The van der Waals surface area contributed by atoms with Crippen molar-refractivity contribution >= 4 is 15.9 Å². The Morgan fingerprint density at radius 2 is 2.40 bits per heavy atom. The van der Waals surface area contributed by atoms with Crippen LogP contribution in [0.5, 0.6) is 5.88 Å². The maximum atomic E-state index is 13.3. The molecule has 1 aromatic rings. The molecule has 2 heterocycles. The van der Waals surface area contributed by atoms with Crippen LogP contribution in [-0.2, 0) is 0 Å². The van der Waals surface area contributed by atoms with E-state index in [2.05, 4.69) is 31.8 Å². The lowest BCUT2D eigenvalue weighted by molar-refractivity contribution is 0.164. The van der Waals surface area contributed by atoms with E-state index in [-0.39, 0.29) is 12.1 Å². The highest BCUT2D eigenvalue weighted by Crippen LogP contribution is 2.20. The number of rotatable bonds is 2. The van der Waals surface area contributed by atoms with E-state index in [4.69, 9.17) is 4.74 Å². The number of nitrogens with zero attached hydrogens (tertiary/aromatic N) is 1. The van der Waals surface area contributed by atoms with Crippen molar-refractivity contribution in [3.63, 3.8) is 0 Å². The molecular weight excluding hydrogens is 265 g/mol. The summed E-state index contributed by atoms with van der Waals surface area (Å²) < 4.78 is 19.3. The maximum absolute atomic E-state index is 13.3. The SMILES string of the molecule is CC1CC(Oc2ncc(Br)cc2F)NN1. The highest BCUT2D eigenvalue weighted by molar-refractivity contribution is 9.10. The molecule has 1 saturated heterocycles. The van der Waals surface area contributed by atoms with Gasteiger partial charge in [0.2, 0.25) is 0 Å². The summed E-state index contributed by atoms with van der Waals surface area (Å²) in [7, 11) is 0. The number of hydrogen-bond donors (Lipinski definition) is 2. The molecular formula is C9H11BrFN3O. The average Bonchev–Trinajstić information content (AvgIpc) is 2.56. The number of hydrazine groups is 1. The molecule has 4 nitrogen and oxygen atoms in total. The molecule has 1 aliphatic heterocycles. The number of aromatic nitrogens is 1. The topological polar surface area (TPSA) is 46.2 Å². The van der Waals surface area contributed by atoms with Crippen LogP contribution in [0.4, 0.5) is 4.39 Å². The predicted octanol–water partition coefficient (Wildman–Crippen LogP) is 1.57. The Kier molecular flexibility index (Phi) is 3.18. The minimum atomic E-state index is -0.467. The van der Waals surface area contributed by atoms with Gasteiger partial charge in [-0.05, 0) is 28.9 Å². The minimum Gasteiger partial charge on any atom is -0.455 e. The van der Waals surface area contributed by atoms with E-state index in [1.807, 2.05) is 6.92 Å². The first-order valence-corrected chi connectivity index (χ1v) is 5.43. The highest BCUT2D eigenvalue weighted by Gasteiger charge is 2.22. The molecule has 0 spiro atoms. The molecule has 1 fully saturated rings. The summed E-state index contributed by atoms with van der Waals surface area (Å²) in [6.07, 6.45) is 2.05. The summed E-state index contributed by atoms with van der Waals surface area (Å²) in [5.41, 5.74) is 5.89. The van der Waals surface area contributed by atoms with E-state index in [0.29, 0.717) is 10.5 Å². The third-order valence-corrected chi connectivity index (χ3v) is 2.52. The van der Waals surface area contributed by atoms with Crippen molar-refractivity contribution < 1.29 is 9.13 Å². The Morgan fingerprint density at radius 3 is 3.00 bits per heavy atom. The second kappa shape index (κ2) is 4.42. The summed E-state index contributed by atoms with van der Waals surface area (Å²) in [6, 6.07) is 1.64. The Bertz CT molecular complexity index is 363. The van der Waals surface area contributed by atoms with Crippen molar-refractivity contribution in [2.45, 2.75) is 25.6 Å². The van der Waals surface area contributed by atoms with Crippen molar-refractivity contribution in [2.75, 3.05) is 0 Å². The molecule has 6 heteroatoms. The number of ether oxygens (including phenoxy) is 1. The zero-order chi connectivity index (χ0) is 10.8. The fourth-order valence-corrected chi connectivity index (χ4v) is 1.68. The summed E-state index contributed by atoms with van der Waals surface area (Å²) in [4.78, 5) is 3.85. The van der Waals surface area contributed by atoms with Gasteiger partial charge >= 0.3 is 0 Å². The lowest BCUT2D eigenvalue weighted by Gasteiger charge is -2.12. The summed E-state index contributed by atoms with van der Waals surface area (Å²) in [6.45, 7) is 2.02. The number of nitrogens with one attached hydrogen (secondary N) is 2. The molecule has 0 radical (unpaired) electrons. The first-order valence-electron chi connectivity index (χ1n) is 4.64. The largest absolute Gasteiger partial charge is 0.455 e. The second-order valence-electron chi connectivity index (χ2n) is 3.47. The zero-order valence-electron chi connectivity index (χ0n) is 8.13. The predicted molar refractivity (Wildman–Crippen MR) is 56.7 cm³/mol. The molecule has 82 valence electrons. The van der Waals surface area contributed by atoms with Gasteiger partial charge < -0.3 is 4.74 Å². The molecule has 2 atom stereocenters. The molecule has 2 N–H and O–H groups in total. The third-order valence-electron chi connectivity index (χ3n) is 2.09. The van der Waals surface area contributed by atoms with Crippen molar-refractivity contribution in [3.8, 4) is 5.88 Å². The van der Waals surface area contributed by atoms with Gasteiger partial charge in [0, 0.05) is 23.1 Å². The molecule has 2 rings (SSSR count). The molecule has 0 saturated carbocycles. The van der Waals surface area contributed by atoms with E-state index in [0.717, 1.165) is 6.42 Å². The van der Waals surface area contributed by atoms with Gasteiger partial charge in [-0.25, -0.2) is 14.8 Å². The van der Waals surface area contributed by atoms with Crippen LogP contribution in [0.3, 0.4) is 0 Å². The fourth-order valence-electron chi connectivity index (χ4n) is 1.38. The number of hydrogen-bond acceptors (Lipinski definition) is 4. The monoisotopic (exact) mass is 275 g/mol. The van der Waals surface area contributed by atoms with Crippen molar-refractivity contribution in [2.24, 2.45) is 0 Å². The first-order chi connectivity index (χ1) is 7.15. The Balaban J connectivity index is 2.04. The van der Waals surface area contributed by atoms with Gasteiger partial charge in [-0.1, -0.05) is 0 Å². The maximum Gasteiger partial charge on any atom is 0.252 e. The molecule has 0 bridgehead atoms. The van der Waals surface area contributed by atoms with Gasteiger partial charge in [-0.3, -0.25) is 5.43 Å². The van der Waals surface area contributed by atoms with Crippen molar-refractivity contribution in [3.05, 3.63) is 22.6 Å². The van der Waals surface area contributed by atoms with Crippen molar-refractivity contribution in [1.82, 2.24) is 15.8 Å². The van der Waals surface area contributed by atoms with Gasteiger partial charge in [0.05, 0.1) is 0 Å². The standard InChI is InChI=1S/C9H11BrFN3O/c1-5-2-8(14-13-5)15-9-7(11)3-6(10)4-12-9/h3-5,8,13-14H,2H2,1H3. The molecule has 0 aromatic carbocycles. The van der Waals surface area contributed by atoms with Gasteiger partial charge in [0.25, 0.3) is 5.88 Å². The fraction of sp³-hybridized carbons (Fsp3) is 0.444. The molecule has 0 amide bonds. The minimum absolute atomic E-state index is 0.0200. The lowest BCUT2D eigenvalue weighted by Crippen LogP contribution is -2.35. The third kappa shape index (κ3) is 2.64. The first kappa shape index (κ1) is 10.8. The zero-order valence-corrected chi connectivity index (χ0v) is 9.71. The summed E-state index contributed by atoms with van der Waals surface area (Å²) >= 11 is 3.13. The molecule has 1 aromatic heterocycles. The number of halogens is 2. The average molecular weight is 276 g/mol. The second-order valence-corrected chi connectivity index (χ2v) is 4.39. The van der Waals surface area contributed by atoms with E-state index in [9.17, 15) is 4.39 Å². The van der Waals surface area contributed by atoms with Crippen LogP contribution in [0.15, 0.2) is 16.7 Å². The Morgan fingerprint density at radius 1 is 1.60 bits per heavy atom. The van der Waals surface area contributed by atoms with Crippen LogP contribution in [0, 0.1) is 5.82 Å². The van der Waals surface area contributed by atoms with Crippen molar-refractivity contribution in [1.29, 1.82) is 0 Å². The van der Waals surface area contributed by atoms with Crippen LogP contribution in [0.25, 0.3) is 0 Å². The van der Waals surface area contributed by atoms with Gasteiger partial charge in [-0.2, -0.15) is 0 Å². The quantitative estimate of drug-likeness (QED) is 0.860. The van der Waals surface area contributed by atoms with Gasteiger partial charge in [0.1, 0.15) is 0 Å². The van der Waals surface area contributed by atoms with E-state index in [1.165, 1.54) is 12.3 Å². The van der Waals surface area contributed by atoms with Gasteiger partial charge in [-0.15, -0.1) is 0 Å². The van der Waals surface area contributed by atoms with Gasteiger partial charge in [0.15, 0.2) is 12.0 Å². The van der Waals surface area contributed by atoms with E-state index < -0.39 is 5.82 Å². The van der Waals surface area contributed by atoms with Crippen LogP contribution in [-0.4, -0.2) is 17.3 Å². The van der Waals surface area contributed by atoms with Crippen LogP contribution >= 0.6 is 15.9 Å². The summed E-state index contributed by atoms with van der Waals surface area (Å²) in [5, 5.41) is 0. The van der Waals surface area contributed by atoms with E-state index in [1.54, 1.807) is 0 Å². The van der Waals surface area contributed by atoms with Crippen LogP contribution in [0.1, 0.15) is 13.3 Å². The van der Waals surface area contributed by atoms with Crippen LogP contribution < -0.4 is 15.6 Å². The smallest absolute Gasteiger partial charge is 0.252 e. The molecule has 1 aliphatic rings. The Hall–Kier alpha value is -0.720. The van der Waals surface area contributed by atoms with Crippen LogP contribution in [0.2, 0.25) is 0 Å². The lowest BCUT2D eigenvalue weighted by atomic mass is 10.2. The Labute approximate surface area is 95.3 Å². The summed E-state index contributed by atoms with van der Waals surface area (Å²) in [5.74, 6) is -0.447. The molecule has 15 heavy (non-hydrogen) atoms. The highest BCUT2D eigenvalue weighted by atomic mass is 79.9. The molecule has 0 aliphatic carbocycles. The molecule has 2 unspecified atom stereocenters. The van der Waals surface area contributed by atoms with E-state index >= 15 is 0 Å². The number of pyridine rings is 1.